The Morgan fingerprint density at radius 2 is 1.91 bits per heavy atom. The molecular formula is C24H29N5O4S. The maximum atomic E-state index is 13.1. The van der Waals surface area contributed by atoms with Crippen molar-refractivity contribution in [2.75, 3.05) is 24.5 Å². The molecule has 0 spiro atoms. The zero-order valence-electron chi connectivity index (χ0n) is 19.2. The van der Waals surface area contributed by atoms with E-state index in [9.17, 15) is 18.0 Å². The third kappa shape index (κ3) is 5.06. The summed E-state index contributed by atoms with van der Waals surface area (Å²) in [5.41, 5.74) is 2.35. The van der Waals surface area contributed by atoms with Crippen LogP contribution in [0.5, 0.6) is 0 Å². The molecule has 34 heavy (non-hydrogen) atoms. The van der Waals surface area contributed by atoms with Crippen LogP contribution in [0, 0.1) is 5.92 Å². The van der Waals surface area contributed by atoms with Crippen LogP contribution in [0.2, 0.25) is 0 Å². The van der Waals surface area contributed by atoms with Gasteiger partial charge in [0.15, 0.2) is 0 Å². The monoisotopic (exact) mass is 483 g/mol. The molecule has 0 aromatic heterocycles. The highest BCUT2D eigenvalue weighted by Gasteiger charge is 2.33. The van der Waals surface area contributed by atoms with Crippen molar-refractivity contribution in [1.82, 2.24) is 15.4 Å². The molecule has 180 valence electrons. The lowest BCUT2D eigenvalue weighted by Crippen LogP contribution is -2.47. The predicted molar refractivity (Wildman–Crippen MR) is 130 cm³/mol. The molecule has 2 atom stereocenters. The van der Waals surface area contributed by atoms with E-state index in [1.54, 1.807) is 18.2 Å². The van der Waals surface area contributed by atoms with Gasteiger partial charge >= 0.3 is 0 Å². The first-order valence-electron chi connectivity index (χ1n) is 11.4. The molecule has 2 aliphatic heterocycles. The van der Waals surface area contributed by atoms with Crippen LogP contribution in [0.1, 0.15) is 31.4 Å². The average molecular weight is 484 g/mol. The Bertz CT molecular complexity index is 1210. The number of fused-ring (bicyclic) bond motifs is 1. The van der Waals surface area contributed by atoms with Crippen LogP contribution in [0.4, 0.5) is 5.69 Å². The summed E-state index contributed by atoms with van der Waals surface area (Å²) < 4.78 is 27.3. The number of piperazine rings is 1. The third-order valence-corrected chi connectivity index (χ3v) is 7.59. The molecule has 2 heterocycles. The second-order valence-electron chi connectivity index (χ2n) is 8.57. The first-order valence-corrected chi connectivity index (χ1v) is 12.8. The molecule has 10 heteroatoms. The first kappa shape index (κ1) is 23.7. The number of benzene rings is 2. The lowest BCUT2D eigenvalue weighted by molar-refractivity contribution is -0.123. The summed E-state index contributed by atoms with van der Waals surface area (Å²) in [4.78, 5) is 31.4. The summed E-state index contributed by atoms with van der Waals surface area (Å²) >= 11 is 0. The number of rotatable bonds is 7. The standard InChI is InChI=1S/C24H29N5O4S/c1-3-16(2)22(27-23-19-6-4-5-7-20(19)34(32,33)28-23)24(31)26-14-17-8-10-18(11-9-17)29-13-12-25-21(30)15-29/h4-11,16,22H,3,12-15H2,1-2H3,(H,25,30)(H,26,31)(H,27,28)/t16-,22-/m0/s1. The van der Waals surface area contributed by atoms with Crippen LogP contribution in [-0.4, -0.2) is 51.7 Å². The lowest BCUT2D eigenvalue weighted by Gasteiger charge is -2.28. The number of hydrogen-bond donors (Lipinski definition) is 3. The van der Waals surface area contributed by atoms with Gasteiger partial charge in [-0.05, 0) is 35.7 Å². The van der Waals surface area contributed by atoms with Crippen LogP contribution in [0.3, 0.4) is 0 Å². The van der Waals surface area contributed by atoms with Gasteiger partial charge in [0.1, 0.15) is 11.9 Å². The minimum atomic E-state index is -3.67. The molecule has 3 N–H and O–H groups in total. The second kappa shape index (κ2) is 9.84. The second-order valence-corrected chi connectivity index (χ2v) is 10.2. The molecule has 0 unspecified atom stereocenters. The van der Waals surface area contributed by atoms with Gasteiger partial charge in [0.25, 0.3) is 10.0 Å². The highest BCUT2D eigenvalue weighted by Crippen LogP contribution is 2.24. The topological polar surface area (TPSA) is 120 Å². The van der Waals surface area contributed by atoms with Crippen LogP contribution >= 0.6 is 0 Å². The molecule has 0 bridgehead atoms. The van der Waals surface area contributed by atoms with Gasteiger partial charge in [0.05, 0.1) is 11.4 Å². The molecule has 2 aromatic rings. The number of nitrogens with zero attached hydrogens (tertiary/aromatic N) is 2. The van der Waals surface area contributed by atoms with Gasteiger partial charge in [-0.3, -0.25) is 19.3 Å². The number of hydrogen-bond acceptors (Lipinski definition) is 6. The summed E-state index contributed by atoms with van der Waals surface area (Å²) in [6.45, 7) is 5.92. The van der Waals surface area contributed by atoms with Crippen molar-refractivity contribution in [2.45, 2.75) is 37.8 Å². The van der Waals surface area contributed by atoms with E-state index in [0.717, 1.165) is 17.8 Å². The van der Waals surface area contributed by atoms with E-state index in [4.69, 9.17) is 0 Å². The van der Waals surface area contributed by atoms with E-state index in [1.165, 1.54) is 6.07 Å². The highest BCUT2D eigenvalue weighted by atomic mass is 32.2. The number of carbonyl (C=O) groups is 2. The molecule has 9 nitrogen and oxygen atoms in total. The van der Waals surface area contributed by atoms with Crippen molar-refractivity contribution in [1.29, 1.82) is 0 Å². The van der Waals surface area contributed by atoms with Crippen LogP contribution < -0.4 is 20.3 Å². The van der Waals surface area contributed by atoms with E-state index >= 15 is 0 Å². The maximum Gasteiger partial charge on any atom is 0.263 e. The predicted octanol–water partition coefficient (Wildman–Crippen LogP) is 1.39. The van der Waals surface area contributed by atoms with E-state index in [2.05, 4.69) is 20.3 Å². The van der Waals surface area contributed by atoms with Gasteiger partial charge in [-0.15, -0.1) is 0 Å². The number of aliphatic imine (C=N–C) groups is 1. The van der Waals surface area contributed by atoms with Crippen molar-refractivity contribution in [3.05, 3.63) is 59.7 Å². The Balaban J connectivity index is 1.46. The normalized spacial score (nSPS) is 19.6. The Hall–Kier alpha value is -3.40. The number of amidine groups is 1. The molecule has 0 radical (unpaired) electrons. The number of nitrogens with one attached hydrogen (secondary N) is 3. The van der Waals surface area contributed by atoms with Gasteiger partial charge in [0, 0.05) is 30.9 Å². The van der Waals surface area contributed by atoms with Crippen LogP contribution in [0.15, 0.2) is 58.4 Å². The molecule has 0 saturated carbocycles. The molecule has 1 saturated heterocycles. The SMILES string of the molecule is CC[C@H](C)[C@H](N=C1NS(=O)(=O)c2ccccc21)C(=O)NCc1ccc(N2CCNC(=O)C2)cc1. The minimum absolute atomic E-state index is 0.00692. The molecule has 0 aliphatic carbocycles. The lowest BCUT2D eigenvalue weighted by atomic mass is 9.98. The molecular weight excluding hydrogens is 454 g/mol. The summed E-state index contributed by atoms with van der Waals surface area (Å²) in [6.07, 6.45) is 0.710. The van der Waals surface area contributed by atoms with E-state index < -0.39 is 16.1 Å². The summed E-state index contributed by atoms with van der Waals surface area (Å²) in [5.74, 6) is -0.141. The fourth-order valence-electron chi connectivity index (χ4n) is 4.01. The van der Waals surface area contributed by atoms with Gasteiger partial charge < -0.3 is 15.5 Å². The quantitative estimate of drug-likeness (QED) is 0.550. The molecule has 2 aromatic carbocycles. The molecule has 1 fully saturated rings. The Kier molecular flexibility index (Phi) is 6.87. The Morgan fingerprint density at radius 1 is 1.18 bits per heavy atom. The molecule has 2 aliphatic rings. The van der Waals surface area contributed by atoms with Crippen molar-refractivity contribution >= 4 is 33.4 Å². The van der Waals surface area contributed by atoms with Gasteiger partial charge in [0.2, 0.25) is 11.8 Å². The minimum Gasteiger partial charge on any atom is -0.360 e. The van der Waals surface area contributed by atoms with Crippen LogP contribution in [0.25, 0.3) is 0 Å². The Labute approximate surface area is 199 Å². The number of anilines is 1. The third-order valence-electron chi connectivity index (χ3n) is 6.19. The van der Waals surface area contributed by atoms with Crippen molar-refractivity contribution in [2.24, 2.45) is 10.9 Å². The first-order chi connectivity index (χ1) is 16.3. The fourth-order valence-corrected chi connectivity index (χ4v) is 5.25. The summed E-state index contributed by atoms with van der Waals surface area (Å²) in [5, 5.41) is 5.75. The highest BCUT2D eigenvalue weighted by molar-refractivity contribution is 7.90. The van der Waals surface area contributed by atoms with E-state index in [0.29, 0.717) is 31.6 Å². The number of carbonyl (C=O) groups excluding carboxylic acids is 2. The van der Waals surface area contributed by atoms with Gasteiger partial charge in [-0.1, -0.05) is 44.5 Å². The average Bonchev–Trinajstić information content (AvgIpc) is 3.10. The Morgan fingerprint density at radius 3 is 2.62 bits per heavy atom. The van der Waals surface area contributed by atoms with Gasteiger partial charge in [-0.2, -0.15) is 0 Å². The zero-order valence-corrected chi connectivity index (χ0v) is 20.1. The van der Waals surface area contributed by atoms with Crippen molar-refractivity contribution in [3.63, 3.8) is 0 Å². The van der Waals surface area contributed by atoms with E-state index in [1.807, 2.05) is 43.0 Å². The molecule has 4 rings (SSSR count). The fraction of sp³-hybridized carbons (Fsp3) is 0.375. The van der Waals surface area contributed by atoms with Crippen LogP contribution in [-0.2, 0) is 26.2 Å². The van der Waals surface area contributed by atoms with Crippen molar-refractivity contribution in [3.8, 4) is 0 Å². The molecule has 2 amide bonds. The zero-order chi connectivity index (χ0) is 24.3. The number of amides is 2. The smallest absolute Gasteiger partial charge is 0.263 e. The van der Waals surface area contributed by atoms with Gasteiger partial charge in [-0.25, -0.2) is 8.42 Å². The number of sulfonamides is 1. The van der Waals surface area contributed by atoms with E-state index in [-0.39, 0.29) is 28.5 Å². The summed E-state index contributed by atoms with van der Waals surface area (Å²) in [6, 6.07) is 13.6. The largest absolute Gasteiger partial charge is 0.360 e. The summed E-state index contributed by atoms with van der Waals surface area (Å²) in [7, 11) is -3.67. The van der Waals surface area contributed by atoms with Crippen molar-refractivity contribution < 1.29 is 18.0 Å². The maximum absolute atomic E-state index is 13.1.